The number of rotatable bonds is 2. The van der Waals surface area contributed by atoms with Crippen LogP contribution in [0.3, 0.4) is 0 Å². The van der Waals surface area contributed by atoms with Gasteiger partial charge in [0, 0.05) is 18.9 Å². The molecule has 2 rings (SSSR count). The van der Waals surface area contributed by atoms with E-state index in [1.165, 1.54) is 6.26 Å². The molecule has 15 heavy (non-hydrogen) atoms. The number of esters is 1. The van der Waals surface area contributed by atoms with E-state index in [1.54, 1.807) is 13.2 Å². The Labute approximate surface area is 88.5 Å². The Kier molecular flexibility index (Phi) is 2.77. The van der Waals surface area contributed by atoms with Crippen LogP contribution in [0.5, 0.6) is 0 Å². The molecular formula is C11H14O4. The van der Waals surface area contributed by atoms with E-state index < -0.39 is 0 Å². The van der Waals surface area contributed by atoms with Gasteiger partial charge in [0.2, 0.25) is 6.29 Å². The van der Waals surface area contributed by atoms with Crippen LogP contribution in [0, 0.1) is 11.8 Å². The summed E-state index contributed by atoms with van der Waals surface area (Å²) in [4.78, 5) is 11.4. The van der Waals surface area contributed by atoms with E-state index in [0.29, 0.717) is 12.2 Å². The highest BCUT2D eigenvalue weighted by Gasteiger charge is 2.40. The zero-order chi connectivity index (χ0) is 10.8. The van der Waals surface area contributed by atoms with Gasteiger partial charge in [0.1, 0.15) is 0 Å². The third-order valence-electron chi connectivity index (χ3n) is 2.91. The molecule has 0 aromatic rings. The topological polar surface area (TPSA) is 44.8 Å². The molecule has 0 unspecified atom stereocenters. The van der Waals surface area contributed by atoms with Gasteiger partial charge < -0.3 is 14.2 Å². The normalized spacial score (nSPS) is 34.6. The van der Waals surface area contributed by atoms with Crippen LogP contribution >= 0.6 is 0 Å². The predicted octanol–water partition coefficient (Wildman–Crippen LogP) is 1.24. The summed E-state index contributed by atoms with van der Waals surface area (Å²) in [6.07, 6.45) is 3.70. The van der Waals surface area contributed by atoms with Gasteiger partial charge in [-0.15, -0.1) is 6.58 Å². The van der Waals surface area contributed by atoms with Gasteiger partial charge in [0.15, 0.2) is 0 Å². The number of ether oxygens (including phenoxy) is 3. The average molecular weight is 210 g/mol. The maximum atomic E-state index is 11.4. The summed E-state index contributed by atoms with van der Waals surface area (Å²) >= 11 is 0. The van der Waals surface area contributed by atoms with E-state index in [2.05, 4.69) is 6.58 Å². The summed E-state index contributed by atoms with van der Waals surface area (Å²) in [5, 5.41) is 0. The smallest absolute Gasteiger partial charge is 0.337 e. The van der Waals surface area contributed by atoms with E-state index in [9.17, 15) is 4.79 Å². The second kappa shape index (κ2) is 4.06. The molecule has 4 nitrogen and oxygen atoms in total. The summed E-state index contributed by atoms with van der Waals surface area (Å²) in [7, 11) is 1.58. The number of fused-ring (bicyclic) bond motifs is 1. The van der Waals surface area contributed by atoms with E-state index in [1.807, 2.05) is 0 Å². The maximum Gasteiger partial charge on any atom is 0.337 e. The highest BCUT2D eigenvalue weighted by molar-refractivity contribution is 5.89. The molecule has 0 aromatic heterocycles. The molecule has 2 aliphatic rings. The van der Waals surface area contributed by atoms with Gasteiger partial charge in [-0.3, -0.25) is 0 Å². The number of methoxy groups -OCH3 is 1. The molecule has 2 aliphatic heterocycles. The van der Waals surface area contributed by atoms with Crippen LogP contribution in [0.1, 0.15) is 6.42 Å². The van der Waals surface area contributed by atoms with Gasteiger partial charge >= 0.3 is 5.97 Å². The maximum absolute atomic E-state index is 11.4. The Balaban J connectivity index is 2.27. The van der Waals surface area contributed by atoms with Crippen LogP contribution in [-0.4, -0.2) is 26.0 Å². The largest absolute Gasteiger partial charge is 0.471 e. The van der Waals surface area contributed by atoms with Gasteiger partial charge in [-0.2, -0.15) is 0 Å². The third kappa shape index (κ3) is 1.65. The summed E-state index contributed by atoms with van der Waals surface area (Å²) in [6, 6.07) is 0. The standard InChI is InChI=1S/C11H14O4/c1-3-7-8-4-5-14-10(12)9(8)6-15-11(7)13-2/h3,6-8,11H,1,4-5H2,2H3/t7-,8-,11+/m0/s1. The summed E-state index contributed by atoms with van der Waals surface area (Å²) in [6.45, 7) is 4.22. The van der Waals surface area contributed by atoms with Gasteiger partial charge in [-0.05, 0) is 6.42 Å². The molecule has 0 radical (unpaired) electrons. The number of hydrogen-bond donors (Lipinski definition) is 0. The van der Waals surface area contributed by atoms with Crippen molar-refractivity contribution >= 4 is 5.97 Å². The van der Waals surface area contributed by atoms with Crippen molar-refractivity contribution in [1.82, 2.24) is 0 Å². The molecule has 4 heteroatoms. The highest BCUT2D eigenvalue weighted by Crippen LogP contribution is 2.36. The monoisotopic (exact) mass is 210 g/mol. The summed E-state index contributed by atoms with van der Waals surface area (Å²) < 4.78 is 15.4. The Morgan fingerprint density at radius 3 is 3.13 bits per heavy atom. The van der Waals surface area contributed by atoms with Crippen molar-refractivity contribution in [2.75, 3.05) is 13.7 Å². The molecule has 0 amide bonds. The van der Waals surface area contributed by atoms with Crippen molar-refractivity contribution in [1.29, 1.82) is 0 Å². The van der Waals surface area contributed by atoms with Crippen LogP contribution in [0.25, 0.3) is 0 Å². The van der Waals surface area contributed by atoms with Gasteiger partial charge in [-0.25, -0.2) is 4.79 Å². The fourth-order valence-corrected chi connectivity index (χ4v) is 2.11. The Bertz CT molecular complexity index is 308. The first-order valence-corrected chi connectivity index (χ1v) is 4.96. The van der Waals surface area contributed by atoms with E-state index in [0.717, 1.165) is 6.42 Å². The Morgan fingerprint density at radius 1 is 1.67 bits per heavy atom. The number of carbonyl (C=O) groups excluding carboxylic acids is 1. The Morgan fingerprint density at radius 2 is 2.47 bits per heavy atom. The summed E-state index contributed by atoms with van der Waals surface area (Å²) in [5.41, 5.74) is 0.597. The predicted molar refractivity (Wildman–Crippen MR) is 52.7 cm³/mol. The van der Waals surface area contributed by atoms with Gasteiger partial charge in [0.05, 0.1) is 18.4 Å². The second-order valence-electron chi connectivity index (χ2n) is 3.66. The van der Waals surface area contributed by atoms with Crippen LogP contribution in [-0.2, 0) is 19.0 Å². The second-order valence-corrected chi connectivity index (χ2v) is 3.66. The van der Waals surface area contributed by atoms with Crippen molar-refractivity contribution < 1.29 is 19.0 Å². The van der Waals surface area contributed by atoms with Crippen molar-refractivity contribution in [3.05, 3.63) is 24.5 Å². The molecule has 0 aromatic carbocycles. The lowest BCUT2D eigenvalue weighted by atomic mass is 9.81. The summed E-state index contributed by atoms with van der Waals surface area (Å²) in [5.74, 6) is -0.155. The molecule has 3 atom stereocenters. The van der Waals surface area contributed by atoms with E-state index in [-0.39, 0.29) is 24.1 Å². The zero-order valence-corrected chi connectivity index (χ0v) is 8.64. The lowest BCUT2D eigenvalue weighted by molar-refractivity contribution is -0.156. The number of carbonyl (C=O) groups is 1. The molecule has 0 N–H and O–H groups in total. The first-order valence-electron chi connectivity index (χ1n) is 4.96. The minimum absolute atomic E-state index is 0.0165. The van der Waals surface area contributed by atoms with Crippen LogP contribution in [0.4, 0.5) is 0 Å². The molecule has 1 saturated heterocycles. The molecule has 82 valence electrons. The average Bonchev–Trinajstić information content (AvgIpc) is 2.28. The molecule has 0 spiro atoms. The molecule has 0 aliphatic carbocycles. The van der Waals surface area contributed by atoms with Gasteiger partial charge in [0.25, 0.3) is 0 Å². The molecule has 0 saturated carbocycles. The molecule has 2 heterocycles. The fraction of sp³-hybridized carbons (Fsp3) is 0.545. The van der Waals surface area contributed by atoms with Crippen LogP contribution in [0.2, 0.25) is 0 Å². The van der Waals surface area contributed by atoms with Crippen LogP contribution < -0.4 is 0 Å². The first kappa shape index (κ1) is 10.2. The van der Waals surface area contributed by atoms with Crippen molar-refractivity contribution in [3.8, 4) is 0 Å². The van der Waals surface area contributed by atoms with Crippen LogP contribution in [0.15, 0.2) is 24.5 Å². The highest BCUT2D eigenvalue weighted by atomic mass is 16.7. The number of cyclic esters (lactones) is 1. The van der Waals surface area contributed by atoms with E-state index in [4.69, 9.17) is 14.2 Å². The SMILES string of the molecule is C=C[C@@H]1[C@H](OC)OC=C2C(=O)OCC[C@H]21. The van der Waals surface area contributed by atoms with Crippen molar-refractivity contribution in [2.45, 2.75) is 12.7 Å². The van der Waals surface area contributed by atoms with E-state index >= 15 is 0 Å². The fourth-order valence-electron chi connectivity index (χ4n) is 2.11. The number of hydrogen-bond acceptors (Lipinski definition) is 4. The quantitative estimate of drug-likeness (QED) is 0.508. The van der Waals surface area contributed by atoms with Crippen molar-refractivity contribution in [3.63, 3.8) is 0 Å². The molecule has 0 bridgehead atoms. The Hall–Kier alpha value is -1.29. The lowest BCUT2D eigenvalue weighted by Crippen LogP contribution is -2.39. The first-order chi connectivity index (χ1) is 7.27. The molecular weight excluding hydrogens is 196 g/mol. The van der Waals surface area contributed by atoms with Crippen molar-refractivity contribution in [2.24, 2.45) is 11.8 Å². The minimum Gasteiger partial charge on any atom is -0.471 e. The minimum atomic E-state index is -0.345. The lowest BCUT2D eigenvalue weighted by Gasteiger charge is -2.36. The zero-order valence-electron chi connectivity index (χ0n) is 8.64. The third-order valence-corrected chi connectivity index (χ3v) is 2.91. The van der Waals surface area contributed by atoms with Gasteiger partial charge in [-0.1, -0.05) is 6.08 Å². The molecule has 1 fully saturated rings.